The summed E-state index contributed by atoms with van der Waals surface area (Å²) in [7, 11) is 0. The molecule has 0 saturated carbocycles. The van der Waals surface area contributed by atoms with Crippen LogP contribution in [0.1, 0.15) is 33.1 Å². The van der Waals surface area contributed by atoms with Gasteiger partial charge in [-0.1, -0.05) is 26.0 Å². The van der Waals surface area contributed by atoms with Gasteiger partial charge >= 0.3 is 0 Å². The highest BCUT2D eigenvalue weighted by atomic mass is 16.5. The predicted molar refractivity (Wildman–Crippen MR) is 115 cm³/mol. The minimum absolute atomic E-state index is 0.185. The van der Waals surface area contributed by atoms with E-state index in [1.807, 2.05) is 18.2 Å². The van der Waals surface area contributed by atoms with Gasteiger partial charge in [-0.05, 0) is 49.4 Å². The van der Waals surface area contributed by atoms with Crippen LogP contribution in [0.15, 0.2) is 30.3 Å². The van der Waals surface area contributed by atoms with E-state index in [2.05, 4.69) is 34.3 Å². The molecule has 7 heteroatoms. The number of rotatable bonds is 4. The summed E-state index contributed by atoms with van der Waals surface area (Å²) in [4.78, 5) is 2.22. The number of anilines is 2. The number of aromatic hydroxyl groups is 1. The number of ether oxygens (including phenoxy) is 1. The van der Waals surface area contributed by atoms with Crippen LogP contribution in [0.2, 0.25) is 0 Å². The largest absolute Gasteiger partial charge is 0.507 e. The van der Waals surface area contributed by atoms with Crippen LogP contribution < -0.4 is 16.0 Å². The average Bonchev–Trinajstić information content (AvgIpc) is 3.06. The Morgan fingerprint density at radius 2 is 2.03 bits per heavy atom. The first kappa shape index (κ1) is 19.9. The van der Waals surface area contributed by atoms with E-state index in [9.17, 15) is 5.11 Å². The molecule has 2 aliphatic heterocycles. The van der Waals surface area contributed by atoms with E-state index in [-0.39, 0.29) is 23.4 Å². The van der Waals surface area contributed by atoms with Gasteiger partial charge in [0.1, 0.15) is 5.75 Å². The Morgan fingerprint density at radius 3 is 2.86 bits per heavy atom. The lowest BCUT2D eigenvalue weighted by atomic mass is 9.87. The van der Waals surface area contributed by atoms with E-state index in [0.29, 0.717) is 17.1 Å². The Labute approximate surface area is 172 Å². The molecule has 2 saturated heterocycles. The molecule has 0 aliphatic carbocycles. The van der Waals surface area contributed by atoms with Crippen molar-refractivity contribution >= 4 is 11.5 Å². The summed E-state index contributed by atoms with van der Waals surface area (Å²) in [6.07, 6.45) is 3.58. The molecule has 7 nitrogen and oxygen atoms in total. The number of phenolic OH excluding ortho intramolecular Hbond substituents is 1. The summed E-state index contributed by atoms with van der Waals surface area (Å²) < 4.78 is 6.49. The van der Waals surface area contributed by atoms with Crippen LogP contribution in [0, 0.1) is 5.41 Å². The monoisotopic (exact) mass is 397 g/mol. The summed E-state index contributed by atoms with van der Waals surface area (Å²) in [6, 6.07) is 9.05. The number of aromatic nitrogens is 2. The lowest BCUT2D eigenvalue weighted by Gasteiger charge is -2.28. The second kappa shape index (κ2) is 8.16. The summed E-state index contributed by atoms with van der Waals surface area (Å²) in [6.45, 7) is 8.31. The highest BCUT2D eigenvalue weighted by molar-refractivity contribution is 5.74. The molecule has 0 spiro atoms. The first-order valence-corrected chi connectivity index (χ1v) is 10.4. The van der Waals surface area contributed by atoms with Crippen molar-refractivity contribution in [2.24, 2.45) is 5.41 Å². The second-order valence-corrected chi connectivity index (χ2v) is 8.97. The molecule has 1 aromatic carbocycles. The molecule has 1 aromatic heterocycles. The molecule has 0 radical (unpaired) electrons. The highest BCUT2D eigenvalue weighted by Gasteiger charge is 2.31. The zero-order chi connectivity index (χ0) is 20.4. The second-order valence-electron chi connectivity index (χ2n) is 8.97. The molecule has 2 aliphatic rings. The van der Waals surface area contributed by atoms with E-state index in [1.165, 1.54) is 0 Å². The standard InChI is InChI=1S/C22H31N5O2/c1-22(2)12-15(7-9-24-14-22)29-16-8-10-27(13-16)19-11-18(25-26-21(19)23)17-5-3-4-6-20(17)28/h3-6,11,15-16,24,28H,7-10,12-14H2,1-2H3,(H2,23,26)/t15?,16-/m0/s1. The average molecular weight is 398 g/mol. The van der Waals surface area contributed by atoms with Gasteiger partial charge in [0.15, 0.2) is 5.82 Å². The Bertz CT molecular complexity index is 857. The number of hydrogen-bond acceptors (Lipinski definition) is 7. The first-order chi connectivity index (χ1) is 13.9. The quantitative estimate of drug-likeness (QED) is 0.730. The van der Waals surface area contributed by atoms with E-state index in [0.717, 1.165) is 51.1 Å². The van der Waals surface area contributed by atoms with Crippen LogP contribution in [0.3, 0.4) is 0 Å². The van der Waals surface area contributed by atoms with Gasteiger partial charge in [0.2, 0.25) is 0 Å². The van der Waals surface area contributed by atoms with Gasteiger partial charge in [-0.2, -0.15) is 0 Å². The van der Waals surface area contributed by atoms with Gasteiger partial charge in [0.05, 0.1) is 23.6 Å². The van der Waals surface area contributed by atoms with Gasteiger partial charge in [-0.25, -0.2) is 0 Å². The topological polar surface area (TPSA) is 96.5 Å². The molecule has 1 unspecified atom stereocenters. The Kier molecular flexibility index (Phi) is 5.61. The van der Waals surface area contributed by atoms with Crippen LogP contribution in [0.5, 0.6) is 5.75 Å². The molecular weight excluding hydrogens is 366 g/mol. The van der Waals surface area contributed by atoms with Crippen LogP contribution in [0.25, 0.3) is 11.3 Å². The number of nitrogens with zero attached hydrogens (tertiary/aromatic N) is 3. The fourth-order valence-corrected chi connectivity index (χ4v) is 4.39. The first-order valence-electron chi connectivity index (χ1n) is 10.4. The van der Waals surface area contributed by atoms with Crippen LogP contribution in [-0.2, 0) is 4.74 Å². The number of benzene rings is 1. The fourth-order valence-electron chi connectivity index (χ4n) is 4.39. The Balaban J connectivity index is 1.46. The normalized spacial score (nSPS) is 24.4. The van der Waals surface area contributed by atoms with Crippen LogP contribution >= 0.6 is 0 Å². The summed E-state index contributed by atoms with van der Waals surface area (Å²) >= 11 is 0. The van der Waals surface area contributed by atoms with Gasteiger partial charge in [0, 0.05) is 25.2 Å². The van der Waals surface area contributed by atoms with Gasteiger partial charge in [0.25, 0.3) is 0 Å². The Morgan fingerprint density at radius 1 is 1.21 bits per heavy atom. The maximum absolute atomic E-state index is 10.1. The van der Waals surface area contributed by atoms with Crippen molar-refractivity contribution < 1.29 is 9.84 Å². The fraction of sp³-hybridized carbons (Fsp3) is 0.545. The highest BCUT2D eigenvalue weighted by Crippen LogP contribution is 2.34. The lowest BCUT2D eigenvalue weighted by molar-refractivity contribution is -0.0195. The minimum Gasteiger partial charge on any atom is -0.507 e. The molecule has 2 aromatic rings. The number of hydrogen-bond donors (Lipinski definition) is 3. The van der Waals surface area contributed by atoms with E-state index in [1.54, 1.807) is 12.1 Å². The lowest BCUT2D eigenvalue weighted by Crippen LogP contribution is -2.30. The number of nitrogens with one attached hydrogen (secondary N) is 1. The van der Waals surface area contributed by atoms with Gasteiger partial charge in [-0.3, -0.25) is 0 Å². The van der Waals surface area contributed by atoms with Gasteiger partial charge < -0.3 is 25.8 Å². The third-order valence-corrected chi connectivity index (χ3v) is 5.88. The zero-order valence-corrected chi connectivity index (χ0v) is 17.3. The predicted octanol–water partition coefficient (Wildman–Crippen LogP) is 2.80. The van der Waals surface area contributed by atoms with Crippen molar-refractivity contribution in [2.45, 2.75) is 45.3 Å². The molecule has 0 amide bonds. The molecule has 0 bridgehead atoms. The molecule has 4 N–H and O–H groups in total. The third-order valence-electron chi connectivity index (χ3n) is 5.88. The third kappa shape index (κ3) is 4.62. The van der Waals surface area contributed by atoms with E-state index < -0.39 is 0 Å². The Hall–Kier alpha value is -2.38. The number of nitrogen functional groups attached to an aromatic ring is 1. The molecule has 4 rings (SSSR count). The maximum Gasteiger partial charge on any atom is 0.169 e. The number of nitrogens with two attached hydrogens (primary N) is 1. The molecule has 29 heavy (non-hydrogen) atoms. The number of phenols is 1. The summed E-state index contributed by atoms with van der Waals surface area (Å²) in [5.74, 6) is 0.592. The maximum atomic E-state index is 10.1. The zero-order valence-electron chi connectivity index (χ0n) is 17.3. The smallest absolute Gasteiger partial charge is 0.169 e. The molecular formula is C22H31N5O2. The minimum atomic E-state index is 0.185. The van der Waals surface area contributed by atoms with Crippen molar-refractivity contribution in [2.75, 3.05) is 36.8 Å². The molecule has 3 heterocycles. The van der Waals surface area contributed by atoms with Crippen LogP contribution in [0.4, 0.5) is 11.5 Å². The van der Waals surface area contributed by atoms with Crippen molar-refractivity contribution in [1.29, 1.82) is 0 Å². The van der Waals surface area contributed by atoms with E-state index in [4.69, 9.17) is 10.5 Å². The van der Waals surface area contributed by atoms with Crippen LogP contribution in [-0.4, -0.2) is 53.7 Å². The van der Waals surface area contributed by atoms with Crippen molar-refractivity contribution in [3.63, 3.8) is 0 Å². The van der Waals surface area contributed by atoms with Gasteiger partial charge in [-0.15, -0.1) is 10.2 Å². The van der Waals surface area contributed by atoms with E-state index >= 15 is 0 Å². The molecule has 2 atom stereocenters. The summed E-state index contributed by atoms with van der Waals surface area (Å²) in [5, 5.41) is 22.0. The molecule has 2 fully saturated rings. The molecule has 156 valence electrons. The van der Waals surface area contributed by atoms with Crippen molar-refractivity contribution in [3.05, 3.63) is 30.3 Å². The van der Waals surface area contributed by atoms with Crippen molar-refractivity contribution in [3.8, 4) is 17.0 Å². The summed E-state index contributed by atoms with van der Waals surface area (Å²) in [5.41, 5.74) is 8.53. The number of para-hydroxylation sites is 1. The van der Waals surface area contributed by atoms with Crippen molar-refractivity contribution in [1.82, 2.24) is 15.5 Å². The SMILES string of the molecule is CC1(C)CNCCC(O[C@H]2CCN(c3cc(-c4ccccc4O)nnc3N)C2)C1.